The summed E-state index contributed by atoms with van der Waals surface area (Å²) in [4.78, 5) is 13.7. The highest BCUT2D eigenvalue weighted by Crippen LogP contribution is 2.28. The highest BCUT2D eigenvalue weighted by Gasteiger charge is 2.20. The Balaban J connectivity index is 2.05. The molecular formula is C13H19N3O. The van der Waals surface area contributed by atoms with Crippen LogP contribution in [0.2, 0.25) is 0 Å². The number of rotatable bonds is 4. The highest BCUT2D eigenvalue weighted by atomic mass is 16.2. The van der Waals surface area contributed by atoms with Crippen molar-refractivity contribution in [3.8, 4) is 0 Å². The van der Waals surface area contributed by atoms with E-state index in [1.54, 1.807) is 0 Å². The number of amides is 1. The molecule has 1 aromatic rings. The maximum Gasteiger partial charge on any atom is 0.243 e. The third-order valence-corrected chi connectivity index (χ3v) is 2.79. The number of hydrogen-bond acceptors (Lipinski definition) is 3. The van der Waals surface area contributed by atoms with Crippen LogP contribution in [0.1, 0.15) is 13.8 Å². The quantitative estimate of drug-likeness (QED) is 0.827. The van der Waals surface area contributed by atoms with E-state index < -0.39 is 0 Å². The Labute approximate surface area is 102 Å². The van der Waals surface area contributed by atoms with Crippen molar-refractivity contribution in [2.24, 2.45) is 0 Å². The van der Waals surface area contributed by atoms with Gasteiger partial charge in [-0.15, -0.1) is 0 Å². The van der Waals surface area contributed by atoms with E-state index in [2.05, 4.69) is 29.4 Å². The highest BCUT2D eigenvalue weighted by molar-refractivity contribution is 6.01. The molecule has 0 aromatic heterocycles. The lowest BCUT2D eigenvalue weighted by atomic mass is 10.2. The van der Waals surface area contributed by atoms with Gasteiger partial charge in [0.05, 0.1) is 17.9 Å². The maximum absolute atomic E-state index is 11.6. The fourth-order valence-corrected chi connectivity index (χ4v) is 1.99. The van der Waals surface area contributed by atoms with Crippen molar-refractivity contribution in [1.29, 1.82) is 0 Å². The Hall–Kier alpha value is -1.55. The molecule has 2 N–H and O–H groups in total. The SMILES string of the molecule is CC(C)NCCN1CC(=O)Nc2ccccc21. The van der Waals surface area contributed by atoms with Crippen LogP contribution in [0.15, 0.2) is 24.3 Å². The molecule has 0 atom stereocenters. The monoisotopic (exact) mass is 233 g/mol. The minimum absolute atomic E-state index is 0.0632. The van der Waals surface area contributed by atoms with Crippen LogP contribution in [0, 0.1) is 0 Å². The summed E-state index contributed by atoms with van der Waals surface area (Å²) >= 11 is 0. The number of nitrogens with zero attached hydrogens (tertiary/aromatic N) is 1. The molecule has 0 saturated carbocycles. The molecule has 0 aliphatic carbocycles. The van der Waals surface area contributed by atoms with Crippen molar-refractivity contribution in [3.63, 3.8) is 0 Å². The molecule has 0 bridgehead atoms. The van der Waals surface area contributed by atoms with Crippen molar-refractivity contribution < 1.29 is 4.79 Å². The van der Waals surface area contributed by atoms with Gasteiger partial charge in [-0.3, -0.25) is 4.79 Å². The Morgan fingerprint density at radius 1 is 1.41 bits per heavy atom. The van der Waals surface area contributed by atoms with Gasteiger partial charge in [-0.25, -0.2) is 0 Å². The first-order valence-corrected chi connectivity index (χ1v) is 6.04. The molecule has 0 spiro atoms. The molecule has 0 radical (unpaired) electrons. The van der Waals surface area contributed by atoms with Crippen LogP contribution in [-0.4, -0.2) is 31.6 Å². The number of benzene rings is 1. The van der Waals surface area contributed by atoms with Gasteiger partial charge in [-0.2, -0.15) is 0 Å². The van der Waals surface area contributed by atoms with Crippen molar-refractivity contribution in [2.75, 3.05) is 29.9 Å². The van der Waals surface area contributed by atoms with Crippen LogP contribution >= 0.6 is 0 Å². The second-order valence-corrected chi connectivity index (χ2v) is 4.60. The number of carbonyl (C=O) groups excluding carboxylic acids is 1. The van der Waals surface area contributed by atoms with E-state index in [-0.39, 0.29) is 5.91 Å². The van der Waals surface area contributed by atoms with E-state index in [0.29, 0.717) is 12.6 Å². The Kier molecular flexibility index (Phi) is 3.64. The maximum atomic E-state index is 11.6. The van der Waals surface area contributed by atoms with E-state index in [4.69, 9.17) is 0 Å². The van der Waals surface area contributed by atoms with E-state index in [0.717, 1.165) is 24.5 Å². The van der Waals surface area contributed by atoms with E-state index in [9.17, 15) is 4.79 Å². The largest absolute Gasteiger partial charge is 0.359 e. The molecule has 4 nitrogen and oxygen atoms in total. The second-order valence-electron chi connectivity index (χ2n) is 4.60. The van der Waals surface area contributed by atoms with Crippen LogP contribution in [0.4, 0.5) is 11.4 Å². The van der Waals surface area contributed by atoms with Gasteiger partial charge in [0.15, 0.2) is 0 Å². The predicted octanol–water partition coefficient (Wildman–Crippen LogP) is 1.44. The molecule has 1 heterocycles. The summed E-state index contributed by atoms with van der Waals surface area (Å²) in [5.74, 6) is 0.0632. The summed E-state index contributed by atoms with van der Waals surface area (Å²) in [7, 11) is 0. The van der Waals surface area contributed by atoms with Crippen LogP contribution in [-0.2, 0) is 4.79 Å². The molecule has 92 valence electrons. The topological polar surface area (TPSA) is 44.4 Å². The zero-order valence-corrected chi connectivity index (χ0v) is 10.4. The first-order chi connectivity index (χ1) is 8.16. The standard InChI is InChI=1S/C13H19N3O/c1-10(2)14-7-8-16-9-13(17)15-11-5-3-4-6-12(11)16/h3-6,10,14H,7-9H2,1-2H3,(H,15,17). The molecule has 1 aliphatic heterocycles. The van der Waals surface area contributed by atoms with Crippen LogP contribution < -0.4 is 15.5 Å². The lowest BCUT2D eigenvalue weighted by molar-refractivity contribution is -0.115. The smallest absolute Gasteiger partial charge is 0.243 e. The van der Waals surface area contributed by atoms with Crippen LogP contribution in [0.25, 0.3) is 0 Å². The number of carbonyl (C=O) groups is 1. The molecule has 0 fully saturated rings. The average molecular weight is 233 g/mol. The van der Waals surface area contributed by atoms with Gasteiger partial charge < -0.3 is 15.5 Å². The minimum Gasteiger partial charge on any atom is -0.359 e. The Morgan fingerprint density at radius 3 is 2.94 bits per heavy atom. The normalized spacial score (nSPS) is 14.8. The Bertz CT molecular complexity index is 403. The van der Waals surface area contributed by atoms with Crippen molar-refractivity contribution in [3.05, 3.63) is 24.3 Å². The van der Waals surface area contributed by atoms with Gasteiger partial charge in [0.25, 0.3) is 0 Å². The summed E-state index contributed by atoms with van der Waals surface area (Å²) in [6.07, 6.45) is 0. The third-order valence-electron chi connectivity index (χ3n) is 2.79. The summed E-state index contributed by atoms with van der Waals surface area (Å²) in [5.41, 5.74) is 2.02. The van der Waals surface area contributed by atoms with Crippen LogP contribution in [0.3, 0.4) is 0 Å². The summed E-state index contributed by atoms with van der Waals surface area (Å²) in [6.45, 7) is 6.42. The third kappa shape index (κ3) is 2.97. The molecule has 0 unspecified atom stereocenters. The average Bonchev–Trinajstić information content (AvgIpc) is 2.28. The van der Waals surface area contributed by atoms with Gasteiger partial charge in [-0.1, -0.05) is 26.0 Å². The minimum atomic E-state index is 0.0632. The van der Waals surface area contributed by atoms with E-state index in [1.807, 2.05) is 24.3 Å². The zero-order chi connectivity index (χ0) is 12.3. The first kappa shape index (κ1) is 11.9. The molecule has 17 heavy (non-hydrogen) atoms. The number of fused-ring (bicyclic) bond motifs is 1. The summed E-state index contributed by atoms with van der Waals surface area (Å²) in [6, 6.07) is 8.40. The number of para-hydroxylation sites is 2. The molecule has 2 rings (SSSR count). The predicted molar refractivity (Wildman–Crippen MR) is 70.4 cm³/mol. The molecule has 0 saturated heterocycles. The molecule has 4 heteroatoms. The molecule has 1 aliphatic rings. The van der Waals surface area contributed by atoms with Gasteiger partial charge in [-0.05, 0) is 12.1 Å². The lowest BCUT2D eigenvalue weighted by Gasteiger charge is -2.31. The number of nitrogens with one attached hydrogen (secondary N) is 2. The lowest BCUT2D eigenvalue weighted by Crippen LogP contribution is -2.42. The van der Waals surface area contributed by atoms with Gasteiger partial charge in [0.1, 0.15) is 0 Å². The Morgan fingerprint density at radius 2 is 2.18 bits per heavy atom. The second kappa shape index (κ2) is 5.19. The summed E-state index contributed by atoms with van der Waals surface area (Å²) < 4.78 is 0. The van der Waals surface area contributed by atoms with Gasteiger partial charge >= 0.3 is 0 Å². The van der Waals surface area contributed by atoms with Gasteiger partial charge in [0.2, 0.25) is 5.91 Å². The molecule has 1 aromatic carbocycles. The van der Waals surface area contributed by atoms with Gasteiger partial charge in [0, 0.05) is 19.1 Å². The van der Waals surface area contributed by atoms with E-state index in [1.165, 1.54) is 0 Å². The van der Waals surface area contributed by atoms with Crippen molar-refractivity contribution >= 4 is 17.3 Å². The molecule has 1 amide bonds. The van der Waals surface area contributed by atoms with Crippen molar-refractivity contribution in [1.82, 2.24) is 5.32 Å². The van der Waals surface area contributed by atoms with Crippen molar-refractivity contribution in [2.45, 2.75) is 19.9 Å². The number of anilines is 2. The fourth-order valence-electron chi connectivity index (χ4n) is 1.99. The first-order valence-electron chi connectivity index (χ1n) is 6.04. The van der Waals surface area contributed by atoms with Crippen LogP contribution in [0.5, 0.6) is 0 Å². The fraction of sp³-hybridized carbons (Fsp3) is 0.462. The van der Waals surface area contributed by atoms with E-state index >= 15 is 0 Å². The zero-order valence-electron chi connectivity index (χ0n) is 10.4. The summed E-state index contributed by atoms with van der Waals surface area (Å²) in [5, 5.41) is 6.25. The number of hydrogen-bond donors (Lipinski definition) is 2. The molecular weight excluding hydrogens is 214 g/mol.